The van der Waals surface area contributed by atoms with Gasteiger partial charge in [0.05, 0.1) is 6.10 Å². The normalized spacial score (nSPS) is 36.1. The van der Waals surface area contributed by atoms with Gasteiger partial charge in [0.2, 0.25) is 0 Å². The molecule has 1 aliphatic heterocycles. The van der Waals surface area contributed by atoms with E-state index in [4.69, 9.17) is 0 Å². The summed E-state index contributed by atoms with van der Waals surface area (Å²) in [5.74, 6) is -2.17. The molecule has 0 amide bonds. The minimum Gasteiger partial charge on any atom is -0.453 e. The Morgan fingerprint density at radius 3 is 2.43 bits per heavy atom. The number of rotatable bonds is 1. The lowest BCUT2D eigenvalue weighted by Gasteiger charge is -2.21. The lowest BCUT2D eigenvalue weighted by Crippen LogP contribution is -2.35. The van der Waals surface area contributed by atoms with Gasteiger partial charge in [0.1, 0.15) is 12.2 Å². The molecule has 3 atom stereocenters. The molecule has 3 unspecified atom stereocenters. The van der Waals surface area contributed by atoms with Gasteiger partial charge in [-0.1, -0.05) is 0 Å². The molecule has 1 aliphatic carbocycles. The van der Waals surface area contributed by atoms with Crippen LogP contribution in [0.2, 0.25) is 0 Å². The van der Waals surface area contributed by atoms with Crippen LogP contribution < -0.4 is 0 Å². The van der Waals surface area contributed by atoms with Crippen LogP contribution in [0.4, 0.5) is 13.2 Å². The lowest BCUT2D eigenvalue weighted by atomic mass is 10.2. The van der Waals surface area contributed by atoms with Gasteiger partial charge in [-0.25, -0.2) is 14.6 Å². The molecule has 4 nitrogen and oxygen atoms in total. The van der Waals surface area contributed by atoms with E-state index in [-0.39, 0.29) is 12.5 Å². The van der Waals surface area contributed by atoms with Crippen molar-refractivity contribution in [2.24, 2.45) is 0 Å². The van der Waals surface area contributed by atoms with Gasteiger partial charge in [0.15, 0.2) is 0 Å². The second-order valence-corrected chi connectivity index (χ2v) is 3.27. The molecule has 80 valence electrons. The average molecular weight is 212 g/mol. The zero-order chi connectivity index (χ0) is 10.3. The van der Waals surface area contributed by atoms with Gasteiger partial charge in [-0.15, -0.1) is 0 Å². The van der Waals surface area contributed by atoms with E-state index >= 15 is 0 Å². The molecule has 2 bridgehead atoms. The molecule has 0 spiro atoms. The van der Waals surface area contributed by atoms with E-state index in [2.05, 4.69) is 14.5 Å². The number of esters is 1. The molecule has 0 aromatic rings. The fraction of sp³-hybridized carbons (Fsp3) is 0.857. The number of carbonyl (C=O) groups excluding carboxylic acids is 1. The van der Waals surface area contributed by atoms with Gasteiger partial charge in [0.25, 0.3) is 0 Å². The van der Waals surface area contributed by atoms with E-state index in [9.17, 15) is 18.0 Å². The highest BCUT2D eigenvalue weighted by Crippen LogP contribution is 2.35. The van der Waals surface area contributed by atoms with E-state index in [1.807, 2.05) is 0 Å². The van der Waals surface area contributed by atoms with Crippen molar-refractivity contribution >= 4 is 5.97 Å². The summed E-state index contributed by atoms with van der Waals surface area (Å²) in [5.41, 5.74) is 0. The molecule has 2 fully saturated rings. The maximum Gasteiger partial charge on any atom is 0.490 e. The van der Waals surface area contributed by atoms with Crippen LogP contribution in [0.3, 0.4) is 0 Å². The molecule has 1 saturated heterocycles. The van der Waals surface area contributed by atoms with Crippen LogP contribution in [-0.2, 0) is 19.3 Å². The summed E-state index contributed by atoms with van der Waals surface area (Å²) >= 11 is 0. The number of fused-ring (bicyclic) bond motifs is 2. The summed E-state index contributed by atoms with van der Waals surface area (Å²) in [6, 6.07) is 0. The topological polar surface area (TPSA) is 44.8 Å². The van der Waals surface area contributed by atoms with Gasteiger partial charge >= 0.3 is 12.1 Å². The summed E-state index contributed by atoms with van der Waals surface area (Å²) in [5, 5.41) is 0. The van der Waals surface area contributed by atoms with E-state index in [0.717, 1.165) is 0 Å². The van der Waals surface area contributed by atoms with Gasteiger partial charge in [0, 0.05) is 12.8 Å². The number of hydrogen-bond acceptors (Lipinski definition) is 4. The molecule has 7 heteroatoms. The molecule has 0 radical (unpaired) electrons. The van der Waals surface area contributed by atoms with E-state index in [0.29, 0.717) is 6.42 Å². The second kappa shape index (κ2) is 3.09. The van der Waals surface area contributed by atoms with Crippen LogP contribution >= 0.6 is 0 Å². The summed E-state index contributed by atoms with van der Waals surface area (Å²) in [4.78, 5) is 19.8. The first-order chi connectivity index (χ1) is 6.47. The molecule has 2 rings (SSSR count). The Morgan fingerprint density at radius 1 is 1.29 bits per heavy atom. The first-order valence-corrected chi connectivity index (χ1v) is 4.07. The van der Waals surface area contributed by atoms with Crippen molar-refractivity contribution in [3.8, 4) is 0 Å². The Balaban J connectivity index is 1.90. The van der Waals surface area contributed by atoms with Gasteiger partial charge in [-0.3, -0.25) is 0 Å². The molecule has 14 heavy (non-hydrogen) atoms. The summed E-state index contributed by atoms with van der Waals surface area (Å²) in [6.45, 7) is 0. The molecule has 1 heterocycles. The quantitative estimate of drug-likeness (QED) is 0.479. The van der Waals surface area contributed by atoms with Crippen molar-refractivity contribution in [1.82, 2.24) is 0 Å². The van der Waals surface area contributed by atoms with Crippen molar-refractivity contribution in [2.45, 2.75) is 37.3 Å². The summed E-state index contributed by atoms with van der Waals surface area (Å²) in [7, 11) is 0. The van der Waals surface area contributed by atoms with Crippen LogP contribution in [0.1, 0.15) is 12.8 Å². The van der Waals surface area contributed by atoms with Gasteiger partial charge in [-0.05, 0) is 0 Å². The smallest absolute Gasteiger partial charge is 0.453 e. The van der Waals surface area contributed by atoms with Gasteiger partial charge in [-0.2, -0.15) is 13.2 Å². The highest BCUT2D eigenvalue weighted by atomic mass is 19.4. The molecular formula is C7H7F3O4. The van der Waals surface area contributed by atoms with E-state index in [1.165, 1.54) is 0 Å². The number of ether oxygens (including phenoxy) is 1. The predicted molar refractivity (Wildman–Crippen MR) is 34.9 cm³/mol. The van der Waals surface area contributed by atoms with Crippen LogP contribution in [0.25, 0.3) is 0 Å². The van der Waals surface area contributed by atoms with Crippen molar-refractivity contribution in [3.63, 3.8) is 0 Å². The Hall–Kier alpha value is -0.820. The Bertz CT molecular complexity index is 252. The number of halogens is 3. The molecule has 0 aromatic heterocycles. The summed E-state index contributed by atoms with van der Waals surface area (Å²) in [6.07, 6.45) is -5.81. The number of alkyl halides is 3. The standard InChI is InChI=1S/C7H7F3O4/c8-7(9,10)6(11)12-4-1-3-2-5(4)14-13-3/h3-5H,1-2H2. The highest BCUT2D eigenvalue weighted by molar-refractivity contribution is 5.75. The van der Waals surface area contributed by atoms with Gasteiger partial charge < -0.3 is 4.74 Å². The first kappa shape index (κ1) is 9.72. The Labute approximate surface area is 76.8 Å². The first-order valence-electron chi connectivity index (χ1n) is 4.07. The number of hydrogen-bond donors (Lipinski definition) is 0. The van der Waals surface area contributed by atoms with Crippen molar-refractivity contribution in [3.05, 3.63) is 0 Å². The van der Waals surface area contributed by atoms with Crippen molar-refractivity contribution in [2.75, 3.05) is 0 Å². The lowest BCUT2D eigenvalue weighted by molar-refractivity contribution is -0.335. The molecule has 2 aliphatic rings. The highest BCUT2D eigenvalue weighted by Gasteiger charge is 2.49. The Kier molecular flexibility index (Phi) is 2.15. The molecular weight excluding hydrogens is 205 g/mol. The molecule has 1 saturated carbocycles. The fourth-order valence-electron chi connectivity index (χ4n) is 1.58. The van der Waals surface area contributed by atoms with Crippen LogP contribution in [0.5, 0.6) is 0 Å². The second-order valence-electron chi connectivity index (χ2n) is 3.27. The van der Waals surface area contributed by atoms with Crippen LogP contribution in [0.15, 0.2) is 0 Å². The van der Waals surface area contributed by atoms with E-state index in [1.54, 1.807) is 0 Å². The zero-order valence-electron chi connectivity index (χ0n) is 6.91. The SMILES string of the molecule is O=C(OC1CC2CC1OO2)C(F)(F)F. The zero-order valence-corrected chi connectivity index (χ0v) is 6.91. The minimum atomic E-state index is -4.94. The maximum absolute atomic E-state index is 11.8. The Morgan fingerprint density at radius 2 is 2.00 bits per heavy atom. The van der Waals surface area contributed by atoms with Crippen molar-refractivity contribution in [1.29, 1.82) is 0 Å². The monoisotopic (exact) mass is 212 g/mol. The third-order valence-corrected chi connectivity index (χ3v) is 2.21. The van der Waals surface area contributed by atoms with E-state index < -0.39 is 24.4 Å². The maximum atomic E-state index is 11.8. The van der Waals surface area contributed by atoms with Crippen LogP contribution in [0, 0.1) is 0 Å². The predicted octanol–water partition coefficient (Wildman–Crippen LogP) is 0.953. The molecule has 0 N–H and O–H groups in total. The van der Waals surface area contributed by atoms with Crippen LogP contribution in [-0.4, -0.2) is 30.5 Å². The number of carbonyl (C=O) groups is 1. The van der Waals surface area contributed by atoms with Crippen molar-refractivity contribution < 1.29 is 32.5 Å². The fourth-order valence-corrected chi connectivity index (χ4v) is 1.58. The largest absolute Gasteiger partial charge is 0.490 e. The summed E-state index contributed by atoms with van der Waals surface area (Å²) < 4.78 is 39.6. The third kappa shape index (κ3) is 1.69. The third-order valence-electron chi connectivity index (χ3n) is 2.21. The minimum absolute atomic E-state index is 0.244. The average Bonchev–Trinajstić information content (AvgIpc) is 2.62. The molecule has 0 aromatic carbocycles.